The summed E-state index contributed by atoms with van der Waals surface area (Å²) in [7, 11) is 0. The average molecular weight is 294 g/mol. The molecule has 1 unspecified atom stereocenters. The number of ether oxygens (including phenoxy) is 1. The van der Waals surface area contributed by atoms with Crippen molar-refractivity contribution < 1.29 is 9.53 Å². The van der Waals surface area contributed by atoms with E-state index in [1.54, 1.807) is 0 Å². The quantitative estimate of drug-likeness (QED) is 0.845. The molecule has 1 N–H and O–H groups in total. The number of carbonyl (C=O) groups is 1. The lowest BCUT2D eigenvalue weighted by atomic mass is 9.84. The molecule has 1 aromatic rings. The zero-order valence-electron chi connectivity index (χ0n) is 11.5. The van der Waals surface area contributed by atoms with Gasteiger partial charge in [0.05, 0.1) is 17.5 Å². The van der Waals surface area contributed by atoms with Gasteiger partial charge in [0.15, 0.2) is 0 Å². The van der Waals surface area contributed by atoms with Crippen molar-refractivity contribution in [2.24, 2.45) is 5.92 Å². The highest BCUT2D eigenvalue weighted by atomic mass is 35.5. The number of carbonyl (C=O) groups excluding carboxylic acids is 1. The minimum absolute atomic E-state index is 0.00310. The summed E-state index contributed by atoms with van der Waals surface area (Å²) in [6.45, 7) is 1.07. The lowest BCUT2D eigenvalue weighted by Crippen LogP contribution is -2.24. The van der Waals surface area contributed by atoms with E-state index in [9.17, 15) is 4.79 Å². The summed E-state index contributed by atoms with van der Waals surface area (Å²) < 4.78 is 5.57. The number of benzene rings is 1. The molecule has 0 bridgehead atoms. The van der Waals surface area contributed by atoms with E-state index >= 15 is 0 Å². The Morgan fingerprint density at radius 3 is 2.85 bits per heavy atom. The highest BCUT2D eigenvalue weighted by molar-refractivity contribution is 6.21. The van der Waals surface area contributed by atoms with Gasteiger partial charge < -0.3 is 10.1 Å². The second kappa shape index (κ2) is 6.04. The van der Waals surface area contributed by atoms with Gasteiger partial charge in [0.2, 0.25) is 0 Å². The Balaban J connectivity index is 1.85. The van der Waals surface area contributed by atoms with Crippen molar-refractivity contribution in [2.45, 2.75) is 37.5 Å². The molecule has 1 aliphatic carbocycles. The van der Waals surface area contributed by atoms with Gasteiger partial charge in [0, 0.05) is 0 Å². The van der Waals surface area contributed by atoms with Crippen LogP contribution in [0.2, 0.25) is 0 Å². The van der Waals surface area contributed by atoms with Gasteiger partial charge in [-0.1, -0.05) is 25.3 Å². The molecule has 1 fully saturated rings. The third-order valence-electron chi connectivity index (χ3n) is 4.28. The maximum atomic E-state index is 12.0. The molecule has 1 atom stereocenters. The van der Waals surface area contributed by atoms with E-state index in [1.807, 2.05) is 18.2 Å². The zero-order valence-corrected chi connectivity index (χ0v) is 12.3. The van der Waals surface area contributed by atoms with Crippen LogP contribution in [0.5, 0.6) is 5.75 Å². The molecule has 2 aliphatic rings. The molecular weight excluding hydrogens is 274 g/mol. The Labute approximate surface area is 124 Å². The minimum atomic E-state index is -0.0631. The van der Waals surface area contributed by atoms with E-state index < -0.39 is 0 Å². The van der Waals surface area contributed by atoms with Crippen LogP contribution >= 0.6 is 11.6 Å². The van der Waals surface area contributed by atoms with E-state index in [2.05, 4.69) is 5.32 Å². The Bertz CT molecular complexity index is 497. The lowest BCUT2D eigenvalue weighted by molar-refractivity contribution is 0.0957. The number of rotatable bonds is 2. The molecule has 3 nitrogen and oxygen atoms in total. The first kappa shape index (κ1) is 13.7. The van der Waals surface area contributed by atoms with Crippen molar-refractivity contribution in [1.82, 2.24) is 5.32 Å². The number of hydrogen-bond donors (Lipinski definition) is 1. The maximum absolute atomic E-state index is 12.0. The summed E-state index contributed by atoms with van der Waals surface area (Å²) >= 11 is 6.64. The minimum Gasteiger partial charge on any atom is -0.491 e. The van der Waals surface area contributed by atoms with Gasteiger partial charge in [-0.25, -0.2) is 0 Å². The number of halogens is 1. The van der Waals surface area contributed by atoms with Gasteiger partial charge in [-0.2, -0.15) is 0 Å². The molecule has 108 valence electrons. The molecule has 1 heterocycles. The van der Waals surface area contributed by atoms with E-state index in [0.29, 0.717) is 30.4 Å². The first-order chi connectivity index (χ1) is 9.75. The van der Waals surface area contributed by atoms with Crippen molar-refractivity contribution in [2.75, 3.05) is 13.2 Å². The van der Waals surface area contributed by atoms with Crippen molar-refractivity contribution in [3.05, 3.63) is 29.3 Å². The smallest absolute Gasteiger partial charge is 0.255 e. The number of fused-ring (bicyclic) bond motifs is 1. The second-order valence-corrected chi connectivity index (χ2v) is 6.13. The largest absolute Gasteiger partial charge is 0.491 e. The highest BCUT2D eigenvalue weighted by Gasteiger charge is 2.25. The van der Waals surface area contributed by atoms with Crippen LogP contribution in [0.15, 0.2) is 18.2 Å². The fraction of sp³-hybridized carbons (Fsp3) is 0.562. The monoisotopic (exact) mass is 293 g/mol. The van der Waals surface area contributed by atoms with E-state index in [1.165, 1.54) is 32.1 Å². The maximum Gasteiger partial charge on any atom is 0.255 e. The van der Waals surface area contributed by atoms with Crippen LogP contribution in [0.1, 0.15) is 53.4 Å². The fourth-order valence-electron chi connectivity index (χ4n) is 3.14. The van der Waals surface area contributed by atoms with E-state index in [-0.39, 0.29) is 11.3 Å². The van der Waals surface area contributed by atoms with Gasteiger partial charge in [-0.15, -0.1) is 11.6 Å². The Kier molecular flexibility index (Phi) is 4.16. The number of amides is 1. The Morgan fingerprint density at radius 2 is 2.05 bits per heavy atom. The average Bonchev–Trinajstić information content (AvgIpc) is 2.69. The molecule has 0 spiro atoms. The molecule has 20 heavy (non-hydrogen) atoms. The SMILES string of the molecule is O=C1NCCOc2ccc(C(Cl)C3CCCCC3)cc21. The van der Waals surface area contributed by atoms with Crippen molar-refractivity contribution in [1.29, 1.82) is 0 Å². The molecule has 0 radical (unpaired) electrons. The second-order valence-electron chi connectivity index (χ2n) is 5.66. The Morgan fingerprint density at radius 1 is 1.25 bits per heavy atom. The van der Waals surface area contributed by atoms with Crippen LogP contribution in [0.25, 0.3) is 0 Å². The molecule has 1 aromatic carbocycles. The van der Waals surface area contributed by atoms with Crippen LogP contribution in [0.4, 0.5) is 0 Å². The van der Waals surface area contributed by atoms with Crippen LogP contribution in [0.3, 0.4) is 0 Å². The van der Waals surface area contributed by atoms with Gasteiger partial charge in [-0.3, -0.25) is 4.79 Å². The summed E-state index contributed by atoms with van der Waals surface area (Å²) in [5, 5.41) is 2.84. The highest BCUT2D eigenvalue weighted by Crippen LogP contribution is 2.39. The molecule has 0 saturated heterocycles. The zero-order chi connectivity index (χ0) is 13.9. The van der Waals surface area contributed by atoms with Crippen LogP contribution in [-0.2, 0) is 0 Å². The van der Waals surface area contributed by atoms with E-state index in [0.717, 1.165) is 5.56 Å². The predicted molar refractivity (Wildman–Crippen MR) is 79.4 cm³/mol. The molecule has 3 rings (SSSR count). The van der Waals surface area contributed by atoms with Gasteiger partial charge >= 0.3 is 0 Å². The number of hydrogen-bond acceptors (Lipinski definition) is 2. The first-order valence-electron chi connectivity index (χ1n) is 7.45. The summed E-state index contributed by atoms with van der Waals surface area (Å²) in [5.74, 6) is 1.13. The molecule has 4 heteroatoms. The number of alkyl halides is 1. The van der Waals surface area contributed by atoms with Crippen molar-refractivity contribution in [3.8, 4) is 5.75 Å². The summed E-state index contributed by atoms with van der Waals surface area (Å²) in [6, 6.07) is 5.79. The van der Waals surface area contributed by atoms with Crippen molar-refractivity contribution in [3.63, 3.8) is 0 Å². The topological polar surface area (TPSA) is 38.3 Å². The molecule has 0 aromatic heterocycles. The van der Waals surface area contributed by atoms with Crippen molar-refractivity contribution >= 4 is 17.5 Å². The summed E-state index contributed by atoms with van der Waals surface area (Å²) in [5.41, 5.74) is 1.65. The molecule has 1 aliphatic heterocycles. The van der Waals surface area contributed by atoms with Gasteiger partial charge in [-0.05, 0) is 36.5 Å². The Hall–Kier alpha value is -1.22. The van der Waals surface area contributed by atoms with Gasteiger partial charge in [0.1, 0.15) is 12.4 Å². The summed E-state index contributed by atoms with van der Waals surface area (Å²) in [4.78, 5) is 12.0. The van der Waals surface area contributed by atoms with Crippen LogP contribution < -0.4 is 10.1 Å². The standard InChI is InChI=1S/C16H20ClNO2/c17-15(11-4-2-1-3-5-11)12-6-7-14-13(10-12)16(19)18-8-9-20-14/h6-7,10-11,15H,1-5,8-9H2,(H,18,19). The van der Waals surface area contributed by atoms with E-state index in [4.69, 9.17) is 16.3 Å². The number of nitrogens with one attached hydrogen (secondary N) is 1. The lowest BCUT2D eigenvalue weighted by Gasteiger charge is -2.26. The predicted octanol–water partition coefficient (Wildman–Crippen LogP) is 3.67. The summed E-state index contributed by atoms with van der Waals surface area (Å²) in [6.07, 6.45) is 6.23. The third-order valence-corrected chi connectivity index (χ3v) is 4.88. The fourth-order valence-corrected chi connectivity index (χ4v) is 3.53. The van der Waals surface area contributed by atoms with Crippen LogP contribution in [0, 0.1) is 5.92 Å². The molecule has 1 amide bonds. The molecule has 1 saturated carbocycles. The molecular formula is C16H20ClNO2. The normalized spacial score (nSPS) is 21.4. The first-order valence-corrected chi connectivity index (χ1v) is 7.88. The third kappa shape index (κ3) is 2.78. The van der Waals surface area contributed by atoms with Gasteiger partial charge in [0.25, 0.3) is 5.91 Å². The van der Waals surface area contributed by atoms with Crippen LogP contribution in [-0.4, -0.2) is 19.1 Å².